The molecule has 0 aliphatic carbocycles. The molecule has 0 saturated heterocycles. The van der Waals surface area contributed by atoms with Gasteiger partial charge in [-0.05, 0) is 6.42 Å². The van der Waals surface area contributed by atoms with E-state index in [2.05, 4.69) is 11.9 Å². The molecule has 0 bridgehead atoms. The molecule has 4 heteroatoms. The summed E-state index contributed by atoms with van der Waals surface area (Å²) in [4.78, 5) is 15.5. The average molecular weight is 196 g/mol. The third-order valence-corrected chi connectivity index (χ3v) is 1.95. The van der Waals surface area contributed by atoms with Crippen LogP contribution in [0.25, 0.3) is 0 Å². The van der Waals surface area contributed by atoms with Crippen molar-refractivity contribution >= 4 is 6.09 Å². The van der Waals surface area contributed by atoms with Crippen molar-refractivity contribution in [1.29, 1.82) is 0 Å². The molecule has 0 amide bonds. The van der Waals surface area contributed by atoms with Gasteiger partial charge in [-0.1, -0.05) is 20.3 Å². The Morgan fingerprint density at radius 2 is 2.36 bits per heavy atom. The summed E-state index contributed by atoms with van der Waals surface area (Å²) in [6, 6.07) is 0. The molecule has 0 N–H and O–H groups in total. The lowest BCUT2D eigenvalue weighted by Crippen LogP contribution is -2.16. The van der Waals surface area contributed by atoms with Gasteiger partial charge in [0.05, 0.1) is 6.61 Å². The van der Waals surface area contributed by atoms with Crippen molar-refractivity contribution in [2.75, 3.05) is 6.61 Å². The van der Waals surface area contributed by atoms with Crippen LogP contribution in [0.3, 0.4) is 0 Å². The quantitative estimate of drug-likeness (QED) is 0.693. The monoisotopic (exact) mass is 196 g/mol. The van der Waals surface area contributed by atoms with E-state index in [9.17, 15) is 4.79 Å². The maximum atomic E-state index is 11.5. The molecule has 0 saturated carbocycles. The highest BCUT2D eigenvalue weighted by Gasteiger charge is 2.09. The second-order valence-electron chi connectivity index (χ2n) is 3.03. The van der Waals surface area contributed by atoms with Crippen molar-refractivity contribution in [2.24, 2.45) is 0 Å². The van der Waals surface area contributed by atoms with Crippen molar-refractivity contribution < 1.29 is 9.53 Å². The van der Waals surface area contributed by atoms with Crippen LogP contribution in [0.5, 0.6) is 0 Å². The zero-order chi connectivity index (χ0) is 10.4. The molecule has 0 radical (unpaired) electrons. The number of carbonyl (C=O) groups is 1. The average Bonchev–Trinajstić information content (AvgIpc) is 2.65. The SMILES string of the molecule is CCCCOC(=O)n1ccnc1CC. The minimum Gasteiger partial charge on any atom is -0.449 e. The van der Waals surface area contributed by atoms with Gasteiger partial charge in [0.1, 0.15) is 5.82 Å². The summed E-state index contributed by atoms with van der Waals surface area (Å²) in [6.07, 6.45) is 5.58. The predicted octanol–water partition coefficient (Wildman–Crippen LogP) is 2.23. The van der Waals surface area contributed by atoms with E-state index in [4.69, 9.17) is 4.74 Å². The highest BCUT2D eigenvalue weighted by molar-refractivity contribution is 5.70. The van der Waals surface area contributed by atoms with Gasteiger partial charge in [0.2, 0.25) is 0 Å². The number of aryl methyl sites for hydroxylation is 1. The Hall–Kier alpha value is -1.32. The van der Waals surface area contributed by atoms with E-state index in [1.54, 1.807) is 12.4 Å². The van der Waals surface area contributed by atoms with Gasteiger partial charge < -0.3 is 4.74 Å². The molecule has 0 unspecified atom stereocenters. The van der Waals surface area contributed by atoms with E-state index in [1.807, 2.05) is 6.92 Å². The molecular formula is C10H16N2O2. The topological polar surface area (TPSA) is 44.1 Å². The van der Waals surface area contributed by atoms with Crippen molar-refractivity contribution in [1.82, 2.24) is 9.55 Å². The number of carbonyl (C=O) groups excluding carboxylic acids is 1. The molecular weight excluding hydrogens is 180 g/mol. The summed E-state index contributed by atoms with van der Waals surface area (Å²) in [7, 11) is 0. The fourth-order valence-electron chi connectivity index (χ4n) is 1.14. The zero-order valence-corrected chi connectivity index (χ0v) is 8.69. The van der Waals surface area contributed by atoms with Crippen molar-refractivity contribution in [3.05, 3.63) is 18.2 Å². The molecule has 0 atom stereocenters. The van der Waals surface area contributed by atoms with Crippen LogP contribution >= 0.6 is 0 Å². The molecule has 0 aliphatic heterocycles. The molecule has 0 aromatic carbocycles. The molecule has 78 valence electrons. The third-order valence-electron chi connectivity index (χ3n) is 1.95. The Labute approximate surface area is 83.9 Å². The summed E-state index contributed by atoms with van der Waals surface area (Å²) in [5.41, 5.74) is 0. The normalized spacial score (nSPS) is 10.1. The highest BCUT2D eigenvalue weighted by atomic mass is 16.5. The fraction of sp³-hybridized carbons (Fsp3) is 0.600. The van der Waals surface area contributed by atoms with Gasteiger partial charge in [0.25, 0.3) is 0 Å². The number of ether oxygens (including phenoxy) is 1. The van der Waals surface area contributed by atoms with E-state index in [-0.39, 0.29) is 6.09 Å². The zero-order valence-electron chi connectivity index (χ0n) is 8.69. The van der Waals surface area contributed by atoms with Crippen molar-refractivity contribution in [3.8, 4) is 0 Å². The molecule has 1 aromatic rings. The number of hydrogen-bond donors (Lipinski definition) is 0. The summed E-state index contributed by atoms with van der Waals surface area (Å²) in [6.45, 7) is 4.50. The van der Waals surface area contributed by atoms with Crippen LogP contribution in [-0.2, 0) is 11.2 Å². The van der Waals surface area contributed by atoms with Crippen LogP contribution < -0.4 is 0 Å². The first-order valence-corrected chi connectivity index (χ1v) is 4.99. The molecule has 1 rings (SSSR count). The molecule has 1 heterocycles. The molecule has 0 aliphatic rings. The molecule has 0 fully saturated rings. The second kappa shape index (κ2) is 5.42. The lowest BCUT2D eigenvalue weighted by Gasteiger charge is -2.05. The maximum absolute atomic E-state index is 11.5. The van der Waals surface area contributed by atoms with Crippen molar-refractivity contribution in [2.45, 2.75) is 33.1 Å². The van der Waals surface area contributed by atoms with Gasteiger partial charge in [0.15, 0.2) is 0 Å². The van der Waals surface area contributed by atoms with Gasteiger partial charge >= 0.3 is 6.09 Å². The van der Waals surface area contributed by atoms with E-state index in [0.29, 0.717) is 6.61 Å². The van der Waals surface area contributed by atoms with Crippen LogP contribution in [0.4, 0.5) is 4.79 Å². The number of imidazole rings is 1. The van der Waals surface area contributed by atoms with Gasteiger partial charge in [-0.3, -0.25) is 0 Å². The third kappa shape index (κ3) is 2.58. The van der Waals surface area contributed by atoms with Gasteiger partial charge in [-0.2, -0.15) is 0 Å². The first kappa shape index (κ1) is 10.8. The first-order chi connectivity index (χ1) is 6.79. The fourth-order valence-corrected chi connectivity index (χ4v) is 1.14. The predicted molar refractivity (Wildman–Crippen MR) is 53.3 cm³/mol. The maximum Gasteiger partial charge on any atom is 0.419 e. The van der Waals surface area contributed by atoms with Gasteiger partial charge in [0, 0.05) is 18.8 Å². The minimum absolute atomic E-state index is 0.326. The lowest BCUT2D eigenvalue weighted by molar-refractivity contribution is 0.145. The van der Waals surface area contributed by atoms with Crippen LogP contribution in [-0.4, -0.2) is 22.3 Å². The Kier molecular flexibility index (Phi) is 4.16. The number of rotatable bonds is 4. The standard InChI is InChI=1S/C10H16N2O2/c1-3-5-8-14-10(13)12-7-6-11-9(12)4-2/h6-7H,3-5,8H2,1-2H3. The Balaban J connectivity index is 2.51. The Bertz CT molecular complexity index is 294. The number of unbranched alkanes of at least 4 members (excludes halogenated alkanes) is 1. The molecule has 1 aromatic heterocycles. The first-order valence-electron chi connectivity index (χ1n) is 4.99. The van der Waals surface area contributed by atoms with Crippen LogP contribution in [0.1, 0.15) is 32.5 Å². The summed E-state index contributed by atoms with van der Waals surface area (Å²) < 4.78 is 6.51. The summed E-state index contributed by atoms with van der Waals surface area (Å²) in [5, 5.41) is 0. The minimum atomic E-state index is -0.326. The van der Waals surface area contributed by atoms with Gasteiger partial charge in [-0.15, -0.1) is 0 Å². The van der Waals surface area contributed by atoms with E-state index < -0.39 is 0 Å². The van der Waals surface area contributed by atoms with E-state index in [0.717, 1.165) is 25.1 Å². The van der Waals surface area contributed by atoms with E-state index in [1.165, 1.54) is 4.57 Å². The Morgan fingerprint density at radius 1 is 1.57 bits per heavy atom. The smallest absolute Gasteiger partial charge is 0.419 e. The summed E-state index contributed by atoms with van der Waals surface area (Å²) >= 11 is 0. The lowest BCUT2D eigenvalue weighted by atomic mass is 10.4. The molecule has 4 nitrogen and oxygen atoms in total. The Morgan fingerprint density at radius 3 is 3.00 bits per heavy atom. The van der Waals surface area contributed by atoms with Crippen LogP contribution in [0.15, 0.2) is 12.4 Å². The van der Waals surface area contributed by atoms with Crippen LogP contribution in [0, 0.1) is 0 Å². The number of aromatic nitrogens is 2. The van der Waals surface area contributed by atoms with Gasteiger partial charge in [-0.25, -0.2) is 14.3 Å². The number of nitrogens with zero attached hydrogens (tertiary/aromatic N) is 2. The summed E-state index contributed by atoms with van der Waals surface area (Å²) in [5.74, 6) is 0.742. The number of hydrogen-bond acceptors (Lipinski definition) is 3. The molecule has 14 heavy (non-hydrogen) atoms. The highest BCUT2D eigenvalue weighted by Crippen LogP contribution is 2.00. The van der Waals surface area contributed by atoms with Crippen molar-refractivity contribution in [3.63, 3.8) is 0 Å². The second-order valence-corrected chi connectivity index (χ2v) is 3.03. The molecule has 0 spiro atoms. The van der Waals surface area contributed by atoms with Crippen LogP contribution in [0.2, 0.25) is 0 Å². The largest absolute Gasteiger partial charge is 0.449 e. The van der Waals surface area contributed by atoms with E-state index >= 15 is 0 Å².